The summed E-state index contributed by atoms with van der Waals surface area (Å²) in [7, 11) is 0. The quantitative estimate of drug-likeness (QED) is 0.520. The lowest BCUT2D eigenvalue weighted by Crippen LogP contribution is -2.25. The minimum absolute atomic E-state index is 0.300. The summed E-state index contributed by atoms with van der Waals surface area (Å²) >= 11 is 0. The van der Waals surface area contributed by atoms with Gasteiger partial charge in [-0.2, -0.15) is 0 Å². The Morgan fingerprint density at radius 3 is 2.13 bits per heavy atom. The van der Waals surface area contributed by atoms with Crippen LogP contribution in [0.15, 0.2) is 0 Å². The predicted molar refractivity (Wildman–Crippen MR) is 54.2 cm³/mol. The van der Waals surface area contributed by atoms with Crippen molar-refractivity contribution in [3.8, 4) is 0 Å². The smallest absolute Gasteiger partial charge is 0.404 e. The van der Waals surface area contributed by atoms with Gasteiger partial charge in [0.2, 0.25) is 0 Å². The van der Waals surface area contributed by atoms with Gasteiger partial charge in [-0.15, -0.1) is 0 Å². The summed E-state index contributed by atoms with van der Waals surface area (Å²) in [6, 6.07) is 0. The van der Waals surface area contributed by atoms with Crippen molar-refractivity contribution in [2.45, 2.75) is 6.92 Å². The Morgan fingerprint density at radius 2 is 1.60 bits per heavy atom. The molecule has 0 spiro atoms. The molecule has 0 saturated heterocycles. The molecule has 90 valence electrons. The van der Waals surface area contributed by atoms with Gasteiger partial charge < -0.3 is 24.6 Å². The summed E-state index contributed by atoms with van der Waals surface area (Å²) < 4.78 is 15.3. The third kappa shape index (κ3) is 13.2. The zero-order chi connectivity index (χ0) is 11.4. The maximum atomic E-state index is 10.0. The lowest BCUT2D eigenvalue weighted by Gasteiger charge is -2.05. The summed E-state index contributed by atoms with van der Waals surface area (Å²) in [6.07, 6.45) is -1.04. The van der Waals surface area contributed by atoms with Crippen LogP contribution < -0.4 is 5.32 Å². The van der Waals surface area contributed by atoms with Gasteiger partial charge in [0.15, 0.2) is 0 Å². The minimum Gasteiger partial charge on any atom is -0.465 e. The van der Waals surface area contributed by atoms with Crippen LogP contribution in [0.2, 0.25) is 0 Å². The van der Waals surface area contributed by atoms with Crippen molar-refractivity contribution < 1.29 is 24.1 Å². The Labute approximate surface area is 89.5 Å². The SMILES string of the molecule is CCOCCOCCOCCNC(=O)O. The molecule has 0 heterocycles. The summed E-state index contributed by atoms with van der Waals surface area (Å²) in [5.74, 6) is 0. The first-order valence-corrected chi connectivity index (χ1v) is 4.97. The molecule has 0 aliphatic carbocycles. The lowest BCUT2D eigenvalue weighted by molar-refractivity contribution is 0.0176. The van der Waals surface area contributed by atoms with Gasteiger partial charge in [0, 0.05) is 13.2 Å². The van der Waals surface area contributed by atoms with Crippen LogP contribution in [-0.2, 0) is 14.2 Å². The molecule has 0 aromatic carbocycles. The van der Waals surface area contributed by atoms with E-state index in [1.807, 2.05) is 6.92 Å². The number of rotatable bonds is 10. The van der Waals surface area contributed by atoms with E-state index >= 15 is 0 Å². The van der Waals surface area contributed by atoms with Crippen molar-refractivity contribution in [3.05, 3.63) is 0 Å². The van der Waals surface area contributed by atoms with Crippen LogP contribution in [0.1, 0.15) is 6.92 Å². The van der Waals surface area contributed by atoms with Gasteiger partial charge in [-0.1, -0.05) is 0 Å². The second-order valence-electron chi connectivity index (χ2n) is 2.65. The molecule has 0 radical (unpaired) electrons. The Bertz CT molecular complexity index is 153. The topological polar surface area (TPSA) is 77.0 Å². The van der Waals surface area contributed by atoms with E-state index in [9.17, 15) is 4.79 Å². The lowest BCUT2D eigenvalue weighted by atomic mass is 10.6. The van der Waals surface area contributed by atoms with E-state index in [0.29, 0.717) is 46.2 Å². The highest BCUT2D eigenvalue weighted by Crippen LogP contribution is 1.80. The average molecular weight is 221 g/mol. The molecule has 0 aromatic rings. The van der Waals surface area contributed by atoms with Gasteiger partial charge in [0.25, 0.3) is 0 Å². The van der Waals surface area contributed by atoms with Gasteiger partial charge >= 0.3 is 6.09 Å². The van der Waals surface area contributed by atoms with Crippen molar-refractivity contribution in [3.63, 3.8) is 0 Å². The molecule has 1 amide bonds. The molecule has 0 unspecified atom stereocenters. The molecule has 0 rings (SSSR count). The first-order chi connectivity index (χ1) is 7.27. The molecular formula is C9H19NO5. The monoisotopic (exact) mass is 221 g/mol. The van der Waals surface area contributed by atoms with Gasteiger partial charge in [-0.25, -0.2) is 4.79 Å². The summed E-state index contributed by atoms with van der Waals surface area (Å²) in [6.45, 7) is 5.41. The number of carboxylic acid groups (broad SMARTS) is 1. The van der Waals surface area contributed by atoms with Crippen LogP contribution in [0.4, 0.5) is 4.79 Å². The number of carbonyl (C=O) groups is 1. The summed E-state index contributed by atoms with van der Waals surface area (Å²) in [5.41, 5.74) is 0. The molecule has 0 atom stereocenters. The average Bonchev–Trinajstić information content (AvgIpc) is 2.20. The molecule has 0 aliphatic heterocycles. The third-order valence-corrected chi connectivity index (χ3v) is 1.47. The maximum Gasteiger partial charge on any atom is 0.404 e. The van der Waals surface area contributed by atoms with Crippen molar-refractivity contribution in [2.24, 2.45) is 0 Å². The second kappa shape index (κ2) is 11.2. The highest BCUT2D eigenvalue weighted by atomic mass is 16.5. The number of ether oxygens (including phenoxy) is 3. The fourth-order valence-corrected chi connectivity index (χ4v) is 0.814. The zero-order valence-electron chi connectivity index (χ0n) is 9.03. The molecule has 0 aromatic heterocycles. The van der Waals surface area contributed by atoms with Crippen molar-refractivity contribution in [1.29, 1.82) is 0 Å². The van der Waals surface area contributed by atoms with Crippen LogP contribution in [0.3, 0.4) is 0 Å². The number of nitrogens with one attached hydrogen (secondary N) is 1. The number of hydrogen-bond acceptors (Lipinski definition) is 4. The van der Waals surface area contributed by atoms with Crippen LogP contribution in [0.5, 0.6) is 0 Å². The Morgan fingerprint density at radius 1 is 1.07 bits per heavy atom. The molecule has 2 N–H and O–H groups in total. The molecule has 15 heavy (non-hydrogen) atoms. The van der Waals surface area contributed by atoms with E-state index in [1.165, 1.54) is 0 Å². The van der Waals surface area contributed by atoms with Crippen molar-refractivity contribution in [2.75, 3.05) is 46.2 Å². The van der Waals surface area contributed by atoms with Crippen LogP contribution in [0.25, 0.3) is 0 Å². The molecule has 0 fully saturated rings. The van der Waals surface area contributed by atoms with E-state index < -0.39 is 6.09 Å². The summed E-state index contributed by atoms with van der Waals surface area (Å²) in [5, 5.41) is 10.4. The van der Waals surface area contributed by atoms with Gasteiger partial charge in [-0.3, -0.25) is 0 Å². The third-order valence-electron chi connectivity index (χ3n) is 1.47. The van der Waals surface area contributed by atoms with Gasteiger partial charge in [-0.05, 0) is 6.92 Å². The summed E-state index contributed by atoms with van der Waals surface area (Å²) in [4.78, 5) is 10.0. The number of hydrogen-bond donors (Lipinski definition) is 2. The number of amides is 1. The Hall–Kier alpha value is -0.850. The van der Waals surface area contributed by atoms with E-state index in [4.69, 9.17) is 19.3 Å². The van der Waals surface area contributed by atoms with Crippen LogP contribution >= 0.6 is 0 Å². The van der Waals surface area contributed by atoms with Gasteiger partial charge in [0.1, 0.15) is 0 Å². The predicted octanol–water partition coefficient (Wildman–Crippen LogP) is 0.324. The maximum absolute atomic E-state index is 10.0. The molecule has 6 nitrogen and oxygen atoms in total. The fraction of sp³-hybridized carbons (Fsp3) is 0.889. The molecule has 0 saturated carbocycles. The Balaban J connectivity index is 2.89. The van der Waals surface area contributed by atoms with Crippen molar-refractivity contribution in [1.82, 2.24) is 5.32 Å². The highest BCUT2D eigenvalue weighted by molar-refractivity contribution is 5.64. The molecule has 0 bridgehead atoms. The Kier molecular flexibility index (Phi) is 10.6. The standard InChI is InChI=1S/C9H19NO5/c1-2-13-5-6-15-8-7-14-4-3-10-9(11)12/h10H,2-8H2,1H3,(H,11,12). The second-order valence-corrected chi connectivity index (χ2v) is 2.65. The highest BCUT2D eigenvalue weighted by Gasteiger charge is 1.93. The first-order valence-electron chi connectivity index (χ1n) is 4.97. The normalized spacial score (nSPS) is 10.2. The first kappa shape index (κ1) is 14.2. The van der Waals surface area contributed by atoms with Crippen molar-refractivity contribution >= 4 is 6.09 Å². The van der Waals surface area contributed by atoms with Crippen LogP contribution in [0, 0.1) is 0 Å². The van der Waals surface area contributed by atoms with E-state index in [1.54, 1.807) is 0 Å². The van der Waals surface area contributed by atoms with Gasteiger partial charge in [0.05, 0.1) is 33.0 Å². The molecule has 6 heteroatoms. The van der Waals surface area contributed by atoms with Crippen LogP contribution in [-0.4, -0.2) is 57.4 Å². The minimum atomic E-state index is -1.04. The molecular weight excluding hydrogens is 202 g/mol. The zero-order valence-corrected chi connectivity index (χ0v) is 9.03. The van der Waals surface area contributed by atoms with E-state index in [-0.39, 0.29) is 0 Å². The van der Waals surface area contributed by atoms with E-state index in [2.05, 4.69) is 5.32 Å². The largest absolute Gasteiger partial charge is 0.465 e. The fourth-order valence-electron chi connectivity index (χ4n) is 0.814. The molecule has 0 aliphatic rings. The van der Waals surface area contributed by atoms with E-state index in [0.717, 1.165) is 0 Å².